The molecule has 0 aromatic heterocycles. The van der Waals surface area contributed by atoms with Crippen molar-refractivity contribution < 1.29 is 0 Å². The lowest BCUT2D eigenvalue weighted by atomic mass is 9.93. The van der Waals surface area contributed by atoms with E-state index in [1.165, 1.54) is 18.6 Å². The predicted octanol–water partition coefficient (Wildman–Crippen LogP) is 2.42. The SMILES string of the molecule is CCNC(=NCC(C)(C)CN(C)C)NCC1(C)CCCS1. The van der Waals surface area contributed by atoms with E-state index in [2.05, 4.69) is 69.1 Å². The summed E-state index contributed by atoms with van der Waals surface area (Å²) in [6, 6.07) is 0. The molecule has 1 aliphatic rings. The summed E-state index contributed by atoms with van der Waals surface area (Å²) < 4.78 is 0.370. The van der Waals surface area contributed by atoms with Crippen molar-refractivity contribution in [3.05, 3.63) is 0 Å². The Morgan fingerprint density at radius 2 is 2.05 bits per heavy atom. The van der Waals surface area contributed by atoms with Crippen LogP contribution in [0.5, 0.6) is 0 Å². The third-order valence-corrected chi connectivity index (χ3v) is 5.22. The molecular weight excluding hydrogens is 280 g/mol. The Morgan fingerprint density at radius 1 is 1.33 bits per heavy atom. The molecule has 0 saturated carbocycles. The third kappa shape index (κ3) is 7.41. The molecule has 0 spiro atoms. The van der Waals surface area contributed by atoms with Crippen molar-refractivity contribution >= 4 is 17.7 Å². The molecule has 1 saturated heterocycles. The lowest BCUT2D eigenvalue weighted by molar-refractivity contribution is 0.248. The lowest BCUT2D eigenvalue weighted by Crippen LogP contribution is -2.44. The first-order valence-corrected chi connectivity index (χ1v) is 9.06. The fraction of sp³-hybridized carbons (Fsp3) is 0.938. The van der Waals surface area contributed by atoms with Gasteiger partial charge in [0.2, 0.25) is 0 Å². The summed E-state index contributed by atoms with van der Waals surface area (Å²) in [7, 11) is 4.24. The third-order valence-electron chi connectivity index (χ3n) is 3.68. The first-order chi connectivity index (χ1) is 9.76. The Kier molecular flexibility index (Phi) is 7.34. The van der Waals surface area contributed by atoms with E-state index in [1.54, 1.807) is 0 Å². The molecule has 0 bridgehead atoms. The molecule has 0 radical (unpaired) electrons. The number of hydrogen-bond acceptors (Lipinski definition) is 3. The normalized spacial score (nSPS) is 23.7. The minimum atomic E-state index is 0.192. The van der Waals surface area contributed by atoms with Crippen molar-refractivity contribution in [2.75, 3.05) is 46.0 Å². The van der Waals surface area contributed by atoms with E-state index >= 15 is 0 Å². The highest BCUT2D eigenvalue weighted by Crippen LogP contribution is 2.36. The van der Waals surface area contributed by atoms with Gasteiger partial charge in [-0.25, -0.2) is 0 Å². The van der Waals surface area contributed by atoms with Gasteiger partial charge in [0.05, 0.1) is 0 Å². The smallest absolute Gasteiger partial charge is 0.191 e. The van der Waals surface area contributed by atoms with Gasteiger partial charge in [-0.1, -0.05) is 13.8 Å². The average Bonchev–Trinajstić information content (AvgIpc) is 2.79. The van der Waals surface area contributed by atoms with Crippen molar-refractivity contribution in [3.63, 3.8) is 0 Å². The molecule has 1 unspecified atom stereocenters. The molecule has 0 amide bonds. The van der Waals surface area contributed by atoms with Crippen molar-refractivity contribution in [1.29, 1.82) is 0 Å². The molecule has 2 N–H and O–H groups in total. The molecule has 4 nitrogen and oxygen atoms in total. The molecule has 21 heavy (non-hydrogen) atoms. The molecule has 1 atom stereocenters. The number of rotatable bonds is 7. The average molecular weight is 315 g/mol. The van der Waals surface area contributed by atoms with E-state index in [-0.39, 0.29) is 5.41 Å². The van der Waals surface area contributed by atoms with E-state index in [1.807, 2.05) is 0 Å². The molecule has 0 aliphatic carbocycles. The standard InChI is InChI=1S/C16H34N4S/c1-7-17-14(18-11-15(2,3)13-20(5)6)19-12-16(4)9-8-10-21-16/h7-13H2,1-6H3,(H2,17,18,19). The molecular formula is C16H34N4S. The van der Waals surface area contributed by atoms with Crippen LogP contribution in [0.3, 0.4) is 0 Å². The summed E-state index contributed by atoms with van der Waals surface area (Å²) >= 11 is 2.08. The van der Waals surface area contributed by atoms with Crippen LogP contribution in [0.25, 0.3) is 0 Å². The monoisotopic (exact) mass is 314 g/mol. The highest BCUT2D eigenvalue weighted by atomic mass is 32.2. The molecule has 1 heterocycles. The number of nitrogens with zero attached hydrogens (tertiary/aromatic N) is 2. The summed E-state index contributed by atoms with van der Waals surface area (Å²) in [5, 5.41) is 6.90. The summed E-state index contributed by atoms with van der Waals surface area (Å²) in [5.41, 5.74) is 0.192. The Bertz CT molecular complexity index is 333. The first-order valence-electron chi connectivity index (χ1n) is 8.07. The number of nitrogens with one attached hydrogen (secondary N) is 2. The maximum atomic E-state index is 4.79. The number of guanidine groups is 1. The molecule has 1 rings (SSSR count). The van der Waals surface area contributed by atoms with Crippen molar-refractivity contribution in [2.45, 2.75) is 45.3 Å². The maximum absolute atomic E-state index is 4.79. The van der Waals surface area contributed by atoms with Crippen LogP contribution in [0, 0.1) is 5.41 Å². The Morgan fingerprint density at radius 3 is 2.57 bits per heavy atom. The van der Waals surface area contributed by atoms with E-state index < -0.39 is 0 Å². The van der Waals surface area contributed by atoms with Gasteiger partial charge >= 0.3 is 0 Å². The highest BCUT2D eigenvalue weighted by Gasteiger charge is 2.29. The topological polar surface area (TPSA) is 39.7 Å². The largest absolute Gasteiger partial charge is 0.357 e. The van der Waals surface area contributed by atoms with Crippen LogP contribution in [0.1, 0.15) is 40.5 Å². The van der Waals surface area contributed by atoms with E-state index in [0.29, 0.717) is 4.75 Å². The fourth-order valence-corrected chi connectivity index (χ4v) is 4.03. The van der Waals surface area contributed by atoms with Crippen molar-refractivity contribution in [1.82, 2.24) is 15.5 Å². The molecule has 0 aromatic carbocycles. The second kappa shape index (κ2) is 8.28. The Labute approximate surface area is 135 Å². The number of aliphatic imine (C=N–C) groups is 1. The van der Waals surface area contributed by atoms with Crippen LogP contribution in [-0.2, 0) is 0 Å². The van der Waals surface area contributed by atoms with Crippen LogP contribution in [-0.4, -0.2) is 61.6 Å². The van der Waals surface area contributed by atoms with Gasteiger partial charge in [0, 0.05) is 30.9 Å². The van der Waals surface area contributed by atoms with Gasteiger partial charge in [-0.05, 0) is 52.0 Å². The zero-order chi connectivity index (χ0) is 15.9. The second-order valence-electron chi connectivity index (χ2n) is 7.35. The van der Waals surface area contributed by atoms with Crippen LogP contribution in [0.4, 0.5) is 0 Å². The minimum Gasteiger partial charge on any atom is -0.357 e. The summed E-state index contributed by atoms with van der Waals surface area (Å²) in [5.74, 6) is 2.25. The predicted molar refractivity (Wildman–Crippen MR) is 96.4 cm³/mol. The maximum Gasteiger partial charge on any atom is 0.191 e. The molecule has 5 heteroatoms. The lowest BCUT2D eigenvalue weighted by Gasteiger charge is -2.28. The summed E-state index contributed by atoms with van der Waals surface area (Å²) in [6.45, 7) is 12.8. The van der Waals surface area contributed by atoms with Gasteiger partial charge in [0.15, 0.2) is 5.96 Å². The number of hydrogen-bond donors (Lipinski definition) is 2. The molecule has 1 aliphatic heterocycles. The fourth-order valence-electron chi connectivity index (χ4n) is 2.79. The summed E-state index contributed by atoms with van der Waals surface area (Å²) in [4.78, 5) is 7.02. The zero-order valence-electron chi connectivity index (χ0n) is 14.8. The van der Waals surface area contributed by atoms with Gasteiger partial charge in [0.25, 0.3) is 0 Å². The van der Waals surface area contributed by atoms with Crippen molar-refractivity contribution in [2.24, 2.45) is 10.4 Å². The Hall–Kier alpha value is -0.420. The van der Waals surface area contributed by atoms with Crippen LogP contribution >= 0.6 is 11.8 Å². The number of thioether (sulfide) groups is 1. The molecule has 124 valence electrons. The van der Waals surface area contributed by atoms with Gasteiger partial charge in [-0.2, -0.15) is 11.8 Å². The first kappa shape index (κ1) is 18.6. The second-order valence-corrected chi connectivity index (χ2v) is 9.04. The van der Waals surface area contributed by atoms with E-state index in [4.69, 9.17) is 4.99 Å². The van der Waals surface area contributed by atoms with Crippen LogP contribution in [0.15, 0.2) is 4.99 Å². The van der Waals surface area contributed by atoms with Gasteiger partial charge in [-0.15, -0.1) is 0 Å². The highest BCUT2D eigenvalue weighted by molar-refractivity contribution is 8.00. The van der Waals surface area contributed by atoms with Crippen LogP contribution < -0.4 is 10.6 Å². The zero-order valence-corrected chi connectivity index (χ0v) is 15.6. The quantitative estimate of drug-likeness (QED) is 0.559. The van der Waals surface area contributed by atoms with Gasteiger partial charge in [0.1, 0.15) is 0 Å². The Balaban J connectivity index is 2.53. The minimum absolute atomic E-state index is 0.192. The molecule has 1 fully saturated rings. The summed E-state index contributed by atoms with van der Waals surface area (Å²) in [6.07, 6.45) is 2.64. The van der Waals surface area contributed by atoms with E-state index in [0.717, 1.165) is 32.1 Å². The van der Waals surface area contributed by atoms with Gasteiger partial charge < -0.3 is 15.5 Å². The van der Waals surface area contributed by atoms with Gasteiger partial charge in [-0.3, -0.25) is 4.99 Å². The van der Waals surface area contributed by atoms with Crippen molar-refractivity contribution in [3.8, 4) is 0 Å². The van der Waals surface area contributed by atoms with E-state index in [9.17, 15) is 0 Å². The molecule has 0 aromatic rings. The van der Waals surface area contributed by atoms with Crippen LogP contribution in [0.2, 0.25) is 0 Å².